The van der Waals surface area contributed by atoms with Crippen molar-refractivity contribution >= 4 is 17.9 Å². The molecule has 0 unspecified atom stereocenters. The van der Waals surface area contributed by atoms with Crippen molar-refractivity contribution in [3.63, 3.8) is 0 Å². The zero-order valence-corrected chi connectivity index (χ0v) is 7.13. The Hall–Kier alpha value is -1.45. The molecule has 2 heterocycles. The number of aliphatic imine (C=N–C) groups is 1. The van der Waals surface area contributed by atoms with Crippen LogP contribution < -0.4 is 5.32 Å². The topological polar surface area (TPSA) is 50.2 Å². The van der Waals surface area contributed by atoms with E-state index in [9.17, 15) is 0 Å². The van der Waals surface area contributed by atoms with E-state index in [0.29, 0.717) is 5.95 Å². The summed E-state index contributed by atoms with van der Waals surface area (Å²) >= 11 is 0. The molecular formula is C8H10N4. The maximum atomic E-state index is 4.29. The van der Waals surface area contributed by atoms with E-state index in [1.54, 1.807) is 0 Å². The zero-order chi connectivity index (χ0) is 8.55. The first-order valence-corrected chi connectivity index (χ1v) is 3.89. The SMILES string of the molecule is CNc1nc(C)c2c(n1)CC=N2. The minimum atomic E-state index is 0.678. The van der Waals surface area contributed by atoms with Crippen molar-refractivity contribution in [1.29, 1.82) is 0 Å². The molecule has 1 aliphatic heterocycles. The summed E-state index contributed by atoms with van der Waals surface area (Å²) in [5.41, 5.74) is 2.90. The van der Waals surface area contributed by atoms with E-state index in [4.69, 9.17) is 0 Å². The summed E-state index contributed by atoms with van der Waals surface area (Å²) in [5.74, 6) is 0.678. The van der Waals surface area contributed by atoms with Gasteiger partial charge in [-0.2, -0.15) is 0 Å². The first-order valence-electron chi connectivity index (χ1n) is 3.89. The molecule has 2 rings (SSSR count). The molecule has 0 aliphatic carbocycles. The number of aryl methyl sites for hydroxylation is 1. The van der Waals surface area contributed by atoms with Crippen molar-refractivity contribution in [2.75, 3.05) is 12.4 Å². The second-order valence-corrected chi connectivity index (χ2v) is 2.69. The predicted molar refractivity (Wildman–Crippen MR) is 48.2 cm³/mol. The lowest BCUT2D eigenvalue weighted by Gasteiger charge is -2.03. The molecule has 0 saturated carbocycles. The van der Waals surface area contributed by atoms with Crippen LogP contribution >= 0.6 is 0 Å². The maximum Gasteiger partial charge on any atom is 0.223 e. The van der Waals surface area contributed by atoms with Gasteiger partial charge in [0.25, 0.3) is 0 Å². The highest BCUT2D eigenvalue weighted by Gasteiger charge is 2.12. The normalized spacial score (nSPS) is 13.2. The summed E-state index contributed by atoms with van der Waals surface area (Å²) < 4.78 is 0. The number of hydrogen-bond donors (Lipinski definition) is 1. The predicted octanol–water partition coefficient (Wildman–Crippen LogP) is 1.09. The molecule has 4 heteroatoms. The Morgan fingerprint density at radius 2 is 2.25 bits per heavy atom. The monoisotopic (exact) mass is 162 g/mol. The highest BCUT2D eigenvalue weighted by molar-refractivity contribution is 5.75. The van der Waals surface area contributed by atoms with Crippen LogP contribution in [0.3, 0.4) is 0 Å². The first-order chi connectivity index (χ1) is 5.81. The quantitative estimate of drug-likeness (QED) is 0.672. The van der Waals surface area contributed by atoms with E-state index >= 15 is 0 Å². The Morgan fingerprint density at radius 3 is 3.00 bits per heavy atom. The minimum absolute atomic E-state index is 0.678. The number of hydrogen-bond acceptors (Lipinski definition) is 4. The third-order valence-electron chi connectivity index (χ3n) is 1.86. The van der Waals surface area contributed by atoms with E-state index < -0.39 is 0 Å². The lowest BCUT2D eigenvalue weighted by atomic mass is 10.2. The van der Waals surface area contributed by atoms with Gasteiger partial charge in [0.15, 0.2) is 0 Å². The Balaban J connectivity index is 2.56. The second kappa shape index (κ2) is 2.55. The van der Waals surface area contributed by atoms with E-state index in [2.05, 4.69) is 20.3 Å². The van der Waals surface area contributed by atoms with Crippen LogP contribution in [0.25, 0.3) is 0 Å². The third kappa shape index (κ3) is 0.958. The summed E-state index contributed by atoms with van der Waals surface area (Å²) in [5, 5.41) is 2.92. The van der Waals surface area contributed by atoms with Crippen LogP contribution in [0.15, 0.2) is 4.99 Å². The zero-order valence-electron chi connectivity index (χ0n) is 7.13. The lowest BCUT2D eigenvalue weighted by molar-refractivity contribution is 1.05. The van der Waals surface area contributed by atoms with Gasteiger partial charge >= 0.3 is 0 Å². The molecule has 1 N–H and O–H groups in total. The average molecular weight is 162 g/mol. The molecule has 0 aromatic carbocycles. The Kier molecular flexibility index (Phi) is 1.53. The van der Waals surface area contributed by atoms with Gasteiger partial charge < -0.3 is 5.32 Å². The molecule has 0 atom stereocenters. The lowest BCUT2D eigenvalue weighted by Crippen LogP contribution is -2.00. The number of nitrogens with zero attached hydrogens (tertiary/aromatic N) is 3. The highest BCUT2D eigenvalue weighted by atomic mass is 15.1. The fourth-order valence-electron chi connectivity index (χ4n) is 1.27. The van der Waals surface area contributed by atoms with Crippen LogP contribution in [0.2, 0.25) is 0 Å². The molecule has 62 valence electrons. The maximum absolute atomic E-state index is 4.29. The van der Waals surface area contributed by atoms with E-state index in [-0.39, 0.29) is 0 Å². The third-order valence-corrected chi connectivity index (χ3v) is 1.86. The number of rotatable bonds is 1. The van der Waals surface area contributed by atoms with Gasteiger partial charge in [-0.15, -0.1) is 0 Å². The summed E-state index contributed by atoms with van der Waals surface area (Å²) in [6, 6.07) is 0. The molecule has 4 nitrogen and oxygen atoms in total. The van der Waals surface area contributed by atoms with Crippen molar-refractivity contribution in [3.05, 3.63) is 11.4 Å². The van der Waals surface area contributed by atoms with Crippen molar-refractivity contribution in [2.24, 2.45) is 4.99 Å². The summed E-state index contributed by atoms with van der Waals surface area (Å²) in [4.78, 5) is 12.7. The molecule has 0 fully saturated rings. The van der Waals surface area contributed by atoms with Crippen molar-refractivity contribution in [2.45, 2.75) is 13.3 Å². The van der Waals surface area contributed by atoms with E-state index in [0.717, 1.165) is 23.5 Å². The number of anilines is 1. The number of fused-ring (bicyclic) bond motifs is 1. The smallest absolute Gasteiger partial charge is 0.223 e. The van der Waals surface area contributed by atoms with Gasteiger partial charge in [-0.3, -0.25) is 4.99 Å². The number of nitrogens with one attached hydrogen (secondary N) is 1. The molecule has 0 bridgehead atoms. The Bertz CT molecular complexity index is 343. The minimum Gasteiger partial charge on any atom is -0.357 e. The molecule has 0 saturated heterocycles. The molecule has 1 aliphatic rings. The van der Waals surface area contributed by atoms with Crippen molar-refractivity contribution in [3.8, 4) is 0 Å². The average Bonchev–Trinajstić information content (AvgIpc) is 2.52. The number of aromatic nitrogens is 2. The Labute approximate surface area is 70.8 Å². The van der Waals surface area contributed by atoms with Crippen LogP contribution in [-0.4, -0.2) is 23.2 Å². The highest BCUT2D eigenvalue weighted by Crippen LogP contribution is 2.25. The van der Waals surface area contributed by atoms with Gasteiger partial charge in [0.1, 0.15) is 5.69 Å². The van der Waals surface area contributed by atoms with Crippen LogP contribution in [0.1, 0.15) is 11.4 Å². The molecule has 12 heavy (non-hydrogen) atoms. The van der Waals surface area contributed by atoms with Gasteiger partial charge in [-0.1, -0.05) is 0 Å². The standard InChI is InChI=1S/C8H10N4/c1-5-7-6(3-4-10-7)12-8(9-2)11-5/h4H,3H2,1-2H3,(H,9,11,12). The molecule has 1 aromatic heterocycles. The van der Waals surface area contributed by atoms with E-state index in [1.165, 1.54) is 0 Å². The fraction of sp³-hybridized carbons (Fsp3) is 0.375. The van der Waals surface area contributed by atoms with Crippen LogP contribution in [0.5, 0.6) is 0 Å². The summed E-state index contributed by atoms with van der Waals surface area (Å²) in [6.07, 6.45) is 2.69. The second-order valence-electron chi connectivity index (χ2n) is 2.69. The van der Waals surface area contributed by atoms with Gasteiger partial charge in [-0.05, 0) is 6.92 Å². The molecular weight excluding hydrogens is 152 g/mol. The van der Waals surface area contributed by atoms with Crippen molar-refractivity contribution in [1.82, 2.24) is 9.97 Å². The molecule has 1 aromatic rings. The Morgan fingerprint density at radius 1 is 1.42 bits per heavy atom. The largest absolute Gasteiger partial charge is 0.357 e. The molecule has 0 spiro atoms. The first kappa shape index (κ1) is 7.21. The summed E-state index contributed by atoms with van der Waals surface area (Å²) in [6.45, 7) is 1.95. The van der Waals surface area contributed by atoms with Crippen LogP contribution in [0, 0.1) is 6.92 Å². The van der Waals surface area contributed by atoms with Gasteiger partial charge in [0, 0.05) is 19.7 Å². The van der Waals surface area contributed by atoms with Gasteiger partial charge in [0.2, 0.25) is 5.95 Å². The van der Waals surface area contributed by atoms with Gasteiger partial charge in [0.05, 0.1) is 11.4 Å². The molecule has 0 amide bonds. The fourth-order valence-corrected chi connectivity index (χ4v) is 1.27. The van der Waals surface area contributed by atoms with E-state index in [1.807, 2.05) is 20.2 Å². The van der Waals surface area contributed by atoms with Crippen molar-refractivity contribution < 1.29 is 0 Å². The van der Waals surface area contributed by atoms with Gasteiger partial charge in [-0.25, -0.2) is 9.97 Å². The molecule has 0 radical (unpaired) electrons. The summed E-state index contributed by atoms with van der Waals surface area (Å²) in [7, 11) is 1.82. The van der Waals surface area contributed by atoms with Crippen LogP contribution in [-0.2, 0) is 6.42 Å². The van der Waals surface area contributed by atoms with Crippen LogP contribution in [0.4, 0.5) is 11.6 Å².